The molecule has 2 aromatic rings. The van der Waals surface area contributed by atoms with Gasteiger partial charge in [-0.2, -0.15) is 4.98 Å². The van der Waals surface area contributed by atoms with Crippen LogP contribution in [-0.4, -0.2) is 34.9 Å². The second-order valence-corrected chi connectivity index (χ2v) is 5.67. The van der Waals surface area contributed by atoms with E-state index in [-0.39, 0.29) is 12.5 Å². The number of nitrogens with one attached hydrogen (secondary N) is 1. The Balaban J connectivity index is 1.99. The first kappa shape index (κ1) is 17.9. The molecule has 0 atom stereocenters. The van der Waals surface area contributed by atoms with Crippen molar-refractivity contribution in [2.75, 3.05) is 13.2 Å². The van der Waals surface area contributed by atoms with Crippen LogP contribution in [0.25, 0.3) is 11.4 Å². The Morgan fingerprint density at radius 3 is 2.54 bits per heavy atom. The fraction of sp³-hybridized carbons (Fsp3) is 0.471. The van der Waals surface area contributed by atoms with Crippen molar-refractivity contribution in [3.05, 3.63) is 30.2 Å². The van der Waals surface area contributed by atoms with Gasteiger partial charge in [0.05, 0.1) is 19.8 Å². The molecule has 7 heteroatoms. The van der Waals surface area contributed by atoms with Crippen LogP contribution in [0.3, 0.4) is 0 Å². The van der Waals surface area contributed by atoms with E-state index in [1.165, 1.54) is 0 Å². The van der Waals surface area contributed by atoms with Crippen LogP contribution in [-0.2, 0) is 16.1 Å². The lowest BCUT2D eigenvalue weighted by Gasteiger charge is -2.22. The van der Waals surface area contributed by atoms with E-state index >= 15 is 0 Å². The summed E-state index contributed by atoms with van der Waals surface area (Å²) >= 11 is 0. The molecule has 7 nitrogen and oxygen atoms in total. The van der Waals surface area contributed by atoms with Crippen molar-refractivity contribution < 1.29 is 18.8 Å². The van der Waals surface area contributed by atoms with Gasteiger partial charge in [-0.15, -0.1) is 0 Å². The minimum absolute atomic E-state index is 0.274. The first-order valence-electron chi connectivity index (χ1n) is 7.94. The van der Waals surface area contributed by atoms with E-state index in [4.69, 9.17) is 14.0 Å². The summed E-state index contributed by atoms with van der Waals surface area (Å²) in [4.78, 5) is 16.2. The fourth-order valence-corrected chi connectivity index (χ4v) is 1.99. The van der Waals surface area contributed by atoms with Crippen molar-refractivity contribution >= 4 is 5.97 Å². The normalized spacial score (nSPS) is 11.3. The Hall–Kier alpha value is -2.41. The van der Waals surface area contributed by atoms with Crippen LogP contribution in [0.5, 0.6) is 5.75 Å². The van der Waals surface area contributed by atoms with E-state index < -0.39 is 5.54 Å². The van der Waals surface area contributed by atoms with Crippen LogP contribution >= 0.6 is 0 Å². The quantitative estimate of drug-likeness (QED) is 0.743. The SMILES string of the molecule is CCOC(=O)C(C)(C)NCc1nc(-c2ccc(OCC)cc2)no1. The summed E-state index contributed by atoms with van der Waals surface area (Å²) in [5, 5.41) is 7.02. The van der Waals surface area contributed by atoms with Gasteiger partial charge in [0, 0.05) is 5.56 Å². The van der Waals surface area contributed by atoms with Crippen LogP contribution < -0.4 is 10.1 Å². The van der Waals surface area contributed by atoms with Crippen LogP contribution in [0.15, 0.2) is 28.8 Å². The molecule has 0 unspecified atom stereocenters. The number of benzene rings is 1. The molecular formula is C17H23N3O4. The van der Waals surface area contributed by atoms with Crippen molar-refractivity contribution in [3.63, 3.8) is 0 Å². The molecular weight excluding hydrogens is 310 g/mol. The van der Waals surface area contributed by atoms with Gasteiger partial charge in [0.1, 0.15) is 11.3 Å². The minimum Gasteiger partial charge on any atom is -0.494 e. The first-order chi connectivity index (χ1) is 11.5. The standard InChI is InChI=1S/C17H23N3O4/c1-5-22-13-9-7-12(8-10-13)15-19-14(24-20-15)11-18-17(3,4)16(21)23-6-2/h7-10,18H,5-6,11H2,1-4H3. The molecule has 0 radical (unpaired) electrons. The summed E-state index contributed by atoms with van der Waals surface area (Å²) in [6.07, 6.45) is 0. The molecule has 0 saturated carbocycles. The maximum Gasteiger partial charge on any atom is 0.325 e. The highest BCUT2D eigenvalue weighted by Crippen LogP contribution is 2.20. The number of nitrogens with zero attached hydrogens (tertiary/aromatic N) is 2. The lowest BCUT2D eigenvalue weighted by atomic mass is 10.1. The molecule has 0 amide bonds. The topological polar surface area (TPSA) is 86.5 Å². The molecule has 1 N–H and O–H groups in total. The van der Waals surface area contributed by atoms with Gasteiger partial charge in [-0.1, -0.05) is 5.16 Å². The second-order valence-electron chi connectivity index (χ2n) is 5.67. The van der Waals surface area contributed by atoms with Gasteiger partial charge in [0.25, 0.3) is 0 Å². The number of carbonyl (C=O) groups excluding carboxylic acids is 1. The molecule has 0 fully saturated rings. The Morgan fingerprint density at radius 2 is 1.92 bits per heavy atom. The Kier molecular flexibility index (Phi) is 5.92. The van der Waals surface area contributed by atoms with E-state index in [9.17, 15) is 4.79 Å². The van der Waals surface area contributed by atoms with E-state index in [0.717, 1.165) is 11.3 Å². The van der Waals surface area contributed by atoms with Crippen molar-refractivity contribution in [1.82, 2.24) is 15.5 Å². The third kappa shape index (κ3) is 4.55. The van der Waals surface area contributed by atoms with E-state index in [2.05, 4.69) is 15.5 Å². The summed E-state index contributed by atoms with van der Waals surface area (Å²) in [6, 6.07) is 7.46. The molecule has 2 rings (SSSR count). The van der Waals surface area contributed by atoms with Crippen LogP contribution in [0.1, 0.15) is 33.6 Å². The number of hydrogen-bond acceptors (Lipinski definition) is 7. The monoisotopic (exact) mass is 333 g/mol. The number of ether oxygens (including phenoxy) is 2. The average molecular weight is 333 g/mol. The van der Waals surface area contributed by atoms with Gasteiger partial charge < -0.3 is 14.0 Å². The smallest absolute Gasteiger partial charge is 0.325 e. The van der Waals surface area contributed by atoms with E-state index in [1.807, 2.05) is 31.2 Å². The summed E-state index contributed by atoms with van der Waals surface area (Å²) in [5.41, 5.74) is 0.00200. The van der Waals surface area contributed by atoms with Gasteiger partial charge in [-0.3, -0.25) is 10.1 Å². The highest BCUT2D eigenvalue weighted by Gasteiger charge is 2.29. The number of aromatic nitrogens is 2. The fourth-order valence-electron chi connectivity index (χ4n) is 1.99. The Bertz CT molecular complexity index is 665. The molecule has 1 aromatic carbocycles. The van der Waals surface area contributed by atoms with Crippen molar-refractivity contribution in [2.45, 2.75) is 39.8 Å². The molecule has 0 saturated heterocycles. The Labute approximate surface area is 141 Å². The molecule has 0 aliphatic heterocycles. The lowest BCUT2D eigenvalue weighted by molar-refractivity contribution is -0.149. The third-order valence-corrected chi connectivity index (χ3v) is 3.36. The zero-order chi connectivity index (χ0) is 17.6. The van der Waals surface area contributed by atoms with E-state index in [0.29, 0.717) is 24.9 Å². The molecule has 130 valence electrons. The Morgan fingerprint density at radius 1 is 1.21 bits per heavy atom. The zero-order valence-corrected chi connectivity index (χ0v) is 14.5. The zero-order valence-electron chi connectivity index (χ0n) is 14.5. The summed E-state index contributed by atoms with van der Waals surface area (Å²) in [7, 11) is 0. The van der Waals surface area contributed by atoms with Gasteiger partial charge in [-0.05, 0) is 52.0 Å². The predicted octanol–water partition coefficient (Wildman–Crippen LogP) is 2.57. The number of hydrogen-bond donors (Lipinski definition) is 1. The van der Waals surface area contributed by atoms with Gasteiger partial charge in [0.15, 0.2) is 0 Å². The van der Waals surface area contributed by atoms with Crippen molar-refractivity contribution in [2.24, 2.45) is 0 Å². The van der Waals surface area contributed by atoms with Crippen LogP contribution in [0.4, 0.5) is 0 Å². The summed E-state index contributed by atoms with van der Waals surface area (Å²) in [6.45, 7) is 8.43. The average Bonchev–Trinajstić information content (AvgIpc) is 3.03. The van der Waals surface area contributed by atoms with Crippen molar-refractivity contribution in [3.8, 4) is 17.1 Å². The van der Waals surface area contributed by atoms with Crippen molar-refractivity contribution in [1.29, 1.82) is 0 Å². The van der Waals surface area contributed by atoms with Crippen LogP contribution in [0.2, 0.25) is 0 Å². The summed E-state index contributed by atoms with van der Waals surface area (Å²) in [5.74, 6) is 1.36. The molecule has 0 aliphatic rings. The number of esters is 1. The maximum absolute atomic E-state index is 11.8. The maximum atomic E-state index is 11.8. The van der Waals surface area contributed by atoms with Gasteiger partial charge in [-0.25, -0.2) is 0 Å². The molecule has 1 aromatic heterocycles. The predicted molar refractivity (Wildman–Crippen MR) is 88.5 cm³/mol. The molecule has 24 heavy (non-hydrogen) atoms. The molecule has 0 aliphatic carbocycles. The molecule has 0 bridgehead atoms. The lowest BCUT2D eigenvalue weighted by Crippen LogP contribution is -2.47. The largest absolute Gasteiger partial charge is 0.494 e. The highest BCUT2D eigenvalue weighted by atomic mass is 16.5. The second kappa shape index (κ2) is 7.92. The van der Waals surface area contributed by atoms with Crippen LogP contribution in [0, 0.1) is 0 Å². The highest BCUT2D eigenvalue weighted by molar-refractivity contribution is 5.79. The number of carbonyl (C=O) groups is 1. The van der Waals surface area contributed by atoms with E-state index in [1.54, 1.807) is 20.8 Å². The summed E-state index contributed by atoms with van der Waals surface area (Å²) < 4.78 is 15.6. The minimum atomic E-state index is -0.830. The molecule has 1 heterocycles. The number of rotatable bonds is 8. The molecule has 0 spiro atoms. The van der Waals surface area contributed by atoms with Gasteiger partial charge >= 0.3 is 5.97 Å². The van der Waals surface area contributed by atoms with Gasteiger partial charge in [0.2, 0.25) is 11.7 Å². The first-order valence-corrected chi connectivity index (χ1v) is 7.94. The third-order valence-electron chi connectivity index (χ3n) is 3.36.